The number of imide groups is 1. The third-order valence-corrected chi connectivity index (χ3v) is 5.52. The van der Waals surface area contributed by atoms with Crippen molar-refractivity contribution in [3.05, 3.63) is 29.3 Å². The molecule has 0 bridgehead atoms. The molecule has 1 N–H and O–H groups in total. The molecule has 0 radical (unpaired) electrons. The van der Waals surface area contributed by atoms with Gasteiger partial charge < -0.3 is 9.80 Å². The Bertz CT molecular complexity index is 715. The van der Waals surface area contributed by atoms with Crippen LogP contribution in [0.1, 0.15) is 28.8 Å². The lowest BCUT2D eigenvalue weighted by atomic mass is 10.0. The lowest BCUT2D eigenvalue weighted by molar-refractivity contribution is -0.136. The molecular weight excluding hydrogens is 409 g/mol. The molecule has 0 aliphatic carbocycles. The molecule has 2 fully saturated rings. The molecular formula is C16H16IN3O3. The van der Waals surface area contributed by atoms with Crippen LogP contribution in [0.4, 0.5) is 5.69 Å². The maximum absolute atomic E-state index is 12.7. The van der Waals surface area contributed by atoms with E-state index in [1.54, 1.807) is 4.90 Å². The van der Waals surface area contributed by atoms with E-state index in [1.165, 1.54) is 0 Å². The third-order valence-electron chi connectivity index (χ3n) is 4.74. The van der Waals surface area contributed by atoms with E-state index in [9.17, 15) is 14.4 Å². The summed E-state index contributed by atoms with van der Waals surface area (Å²) in [7, 11) is 0. The predicted molar refractivity (Wildman–Crippen MR) is 92.5 cm³/mol. The van der Waals surface area contributed by atoms with Crippen LogP contribution in [0.25, 0.3) is 0 Å². The number of rotatable bonds is 2. The van der Waals surface area contributed by atoms with Crippen molar-refractivity contribution in [2.45, 2.75) is 29.4 Å². The Morgan fingerprint density at radius 2 is 1.96 bits per heavy atom. The van der Waals surface area contributed by atoms with Gasteiger partial charge >= 0.3 is 0 Å². The predicted octanol–water partition coefficient (Wildman–Crippen LogP) is 1.07. The summed E-state index contributed by atoms with van der Waals surface area (Å²) in [5.74, 6) is -0.729. The Kier molecular flexibility index (Phi) is 3.55. The number of nitrogens with zero attached hydrogens (tertiary/aromatic N) is 2. The molecule has 23 heavy (non-hydrogen) atoms. The van der Waals surface area contributed by atoms with Gasteiger partial charge in [-0.2, -0.15) is 0 Å². The lowest BCUT2D eigenvalue weighted by Crippen LogP contribution is -2.52. The average molecular weight is 425 g/mol. The molecule has 3 aliphatic rings. The van der Waals surface area contributed by atoms with Crippen molar-refractivity contribution in [3.8, 4) is 0 Å². The fraction of sp³-hybridized carbons (Fsp3) is 0.438. The first kappa shape index (κ1) is 14.9. The van der Waals surface area contributed by atoms with Gasteiger partial charge in [-0.1, -0.05) is 28.7 Å². The van der Waals surface area contributed by atoms with E-state index in [2.05, 4.69) is 32.8 Å². The summed E-state index contributed by atoms with van der Waals surface area (Å²) in [4.78, 5) is 40.0. The zero-order valence-electron chi connectivity index (χ0n) is 12.4. The number of carbonyl (C=O) groups excluding carboxylic acids is 3. The van der Waals surface area contributed by atoms with Gasteiger partial charge in [0.15, 0.2) is 0 Å². The van der Waals surface area contributed by atoms with E-state index in [1.807, 2.05) is 18.2 Å². The van der Waals surface area contributed by atoms with Gasteiger partial charge in [0.05, 0.1) is 0 Å². The highest BCUT2D eigenvalue weighted by Crippen LogP contribution is 2.36. The Morgan fingerprint density at radius 3 is 2.65 bits per heavy atom. The molecule has 4 rings (SSSR count). The van der Waals surface area contributed by atoms with Gasteiger partial charge in [0.2, 0.25) is 11.8 Å². The molecule has 1 aromatic carbocycles. The minimum atomic E-state index is -0.547. The molecule has 0 saturated carbocycles. The highest BCUT2D eigenvalue weighted by molar-refractivity contribution is 14.1. The fourth-order valence-corrected chi connectivity index (χ4v) is 4.44. The summed E-state index contributed by atoms with van der Waals surface area (Å²) in [5, 5.41) is 2.34. The van der Waals surface area contributed by atoms with Crippen molar-refractivity contribution < 1.29 is 14.4 Å². The van der Waals surface area contributed by atoms with Crippen molar-refractivity contribution in [1.29, 1.82) is 0 Å². The number of carbonyl (C=O) groups is 3. The number of hydrogen-bond donors (Lipinski definition) is 1. The number of benzene rings is 1. The number of piperidine rings is 1. The molecule has 1 unspecified atom stereocenters. The van der Waals surface area contributed by atoms with E-state index < -0.39 is 6.04 Å². The quantitative estimate of drug-likeness (QED) is 0.438. The standard InChI is InChI=1S/C16H16IN3O3/c17-9-6-19(7-9)12-3-1-2-10-11(12)8-20(16(10)23)13-4-5-14(21)18-15(13)22/h1-3,9,13H,4-8H2,(H,18,21,22). The van der Waals surface area contributed by atoms with Crippen LogP contribution in [0.5, 0.6) is 0 Å². The number of hydrogen-bond acceptors (Lipinski definition) is 4. The molecule has 2 saturated heterocycles. The van der Waals surface area contributed by atoms with Crippen molar-refractivity contribution in [3.63, 3.8) is 0 Å². The van der Waals surface area contributed by atoms with Crippen LogP contribution in [-0.4, -0.2) is 45.7 Å². The second-order valence-electron chi connectivity index (χ2n) is 6.21. The molecule has 7 heteroatoms. The molecule has 0 aromatic heterocycles. The van der Waals surface area contributed by atoms with Crippen molar-refractivity contribution in [2.24, 2.45) is 0 Å². The number of nitrogens with one attached hydrogen (secondary N) is 1. The maximum Gasteiger partial charge on any atom is 0.255 e. The van der Waals surface area contributed by atoms with Crippen molar-refractivity contribution in [2.75, 3.05) is 18.0 Å². The molecule has 3 aliphatic heterocycles. The van der Waals surface area contributed by atoms with Gasteiger partial charge in [-0.15, -0.1) is 0 Å². The summed E-state index contributed by atoms with van der Waals surface area (Å²) in [6.45, 7) is 2.42. The molecule has 1 atom stereocenters. The smallest absolute Gasteiger partial charge is 0.255 e. The van der Waals surface area contributed by atoms with E-state index in [0.29, 0.717) is 22.5 Å². The molecule has 0 spiro atoms. The van der Waals surface area contributed by atoms with Crippen LogP contribution in [-0.2, 0) is 16.1 Å². The van der Waals surface area contributed by atoms with Crippen molar-refractivity contribution >= 4 is 46.0 Å². The van der Waals surface area contributed by atoms with Crippen molar-refractivity contribution in [1.82, 2.24) is 10.2 Å². The molecule has 1 aromatic rings. The molecule has 6 nitrogen and oxygen atoms in total. The number of alkyl halides is 1. The summed E-state index contributed by atoms with van der Waals surface area (Å²) in [6.07, 6.45) is 0.686. The second-order valence-corrected chi connectivity index (χ2v) is 7.97. The minimum absolute atomic E-state index is 0.108. The third kappa shape index (κ3) is 2.41. The summed E-state index contributed by atoms with van der Waals surface area (Å²) >= 11 is 2.43. The highest BCUT2D eigenvalue weighted by atomic mass is 127. The van der Waals surface area contributed by atoms with Crippen LogP contribution >= 0.6 is 22.6 Å². The Morgan fingerprint density at radius 1 is 1.17 bits per heavy atom. The first-order valence-electron chi connectivity index (χ1n) is 7.70. The lowest BCUT2D eigenvalue weighted by Gasteiger charge is -2.39. The summed E-state index contributed by atoms with van der Waals surface area (Å²) in [5.41, 5.74) is 2.79. The van der Waals surface area contributed by atoms with Gasteiger partial charge in [0.25, 0.3) is 5.91 Å². The van der Waals surface area contributed by atoms with Gasteiger partial charge in [-0.25, -0.2) is 0 Å². The highest BCUT2D eigenvalue weighted by Gasteiger charge is 2.40. The maximum atomic E-state index is 12.7. The van der Waals surface area contributed by atoms with Crippen LogP contribution in [0.3, 0.4) is 0 Å². The van der Waals surface area contributed by atoms with E-state index in [0.717, 1.165) is 24.3 Å². The van der Waals surface area contributed by atoms with E-state index in [4.69, 9.17) is 0 Å². The zero-order chi connectivity index (χ0) is 16.1. The minimum Gasteiger partial charge on any atom is -0.369 e. The first-order valence-corrected chi connectivity index (χ1v) is 8.94. The second kappa shape index (κ2) is 5.47. The van der Waals surface area contributed by atoms with Gasteiger partial charge in [-0.3, -0.25) is 19.7 Å². The van der Waals surface area contributed by atoms with Crippen LogP contribution in [0.2, 0.25) is 0 Å². The molecule has 120 valence electrons. The SMILES string of the molecule is O=C1CCC(N2Cc3c(cccc3N3CC(I)C3)C2=O)C(=O)N1. The largest absolute Gasteiger partial charge is 0.369 e. The van der Waals surface area contributed by atoms with Gasteiger partial charge in [0.1, 0.15) is 6.04 Å². The summed E-state index contributed by atoms with van der Waals surface area (Å²) in [6, 6.07) is 5.23. The monoisotopic (exact) mass is 425 g/mol. The number of anilines is 1. The number of amides is 3. The van der Waals surface area contributed by atoms with E-state index in [-0.39, 0.29) is 24.1 Å². The normalized spacial score (nSPS) is 24.6. The molecule has 3 amide bonds. The Labute approximate surface area is 147 Å². The Hall–Kier alpha value is -1.64. The zero-order valence-corrected chi connectivity index (χ0v) is 14.6. The number of halogens is 1. The summed E-state index contributed by atoms with van der Waals surface area (Å²) < 4.78 is 0.645. The van der Waals surface area contributed by atoms with Crippen LogP contribution in [0, 0.1) is 0 Å². The van der Waals surface area contributed by atoms with Gasteiger partial charge in [-0.05, 0) is 18.6 Å². The Balaban J connectivity index is 1.62. The number of fused-ring (bicyclic) bond motifs is 1. The van der Waals surface area contributed by atoms with Gasteiger partial charge in [0, 0.05) is 46.8 Å². The van der Waals surface area contributed by atoms with Crippen LogP contribution < -0.4 is 10.2 Å². The first-order chi connectivity index (χ1) is 11.0. The van der Waals surface area contributed by atoms with Crippen LogP contribution in [0.15, 0.2) is 18.2 Å². The fourth-order valence-electron chi connectivity index (χ4n) is 3.49. The average Bonchev–Trinajstić information content (AvgIpc) is 2.82. The topological polar surface area (TPSA) is 69.7 Å². The van der Waals surface area contributed by atoms with E-state index >= 15 is 0 Å². The molecule has 3 heterocycles.